The molecule has 0 aromatic rings. The van der Waals surface area contributed by atoms with Crippen molar-refractivity contribution in [1.29, 1.82) is 0 Å². The molecular formula is C20H42N2O. The van der Waals surface area contributed by atoms with Crippen LogP contribution in [0.4, 0.5) is 0 Å². The van der Waals surface area contributed by atoms with Crippen molar-refractivity contribution in [2.24, 2.45) is 40.1 Å². The van der Waals surface area contributed by atoms with E-state index < -0.39 is 0 Å². The van der Waals surface area contributed by atoms with Gasteiger partial charge in [-0.1, -0.05) is 54.5 Å². The number of hydrogen-bond donors (Lipinski definition) is 2. The second-order valence-electron chi connectivity index (χ2n) is 8.63. The molecule has 2 saturated carbocycles. The highest BCUT2D eigenvalue weighted by Gasteiger charge is 2.58. The van der Waals surface area contributed by atoms with E-state index in [2.05, 4.69) is 59.6 Å². The summed E-state index contributed by atoms with van der Waals surface area (Å²) in [6, 6.07) is 0. The lowest BCUT2D eigenvalue weighted by Crippen LogP contribution is -2.09. The minimum absolute atomic E-state index is 0.172. The van der Waals surface area contributed by atoms with Crippen molar-refractivity contribution in [1.82, 2.24) is 0 Å². The van der Waals surface area contributed by atoms with Gasteiger partial charge in [-0.25, -0.2) is 0 Å². The Balaban J connectivity index is 0. The second kappa shape index (κ2) is 10.9. The molecule has 0 aromatic heterocycles. The van der Waals surface area contributed by atoms with E-state index >= 15 is 0 Å². The van der Waals surface area contributed by atoms with Crippen LogP contribution in [0.25, 0.3) is 0 Å². The highest BCUT2D eigenvalue weighted by molar-refractivity contribution is 5.76. The Labute approximate surface area is 145 Å². The van der Waals surface area contributed by atoms with E-state index in [0.29, 0.717) is 6.42 Å². The summed E-state index contributed by atoms with van der Waals surface area (Å²) in [5.74, 6) is 3.49. The van der Waals surface area contributed by atoms with Crippen LogP contribution in [0.5, 0.6) is 0 Å². The Morgan fingerprint density at radius 1 is 1.22 bits per heavy atom. The van der Waals surface area contributed by atoms with Crippen LogP contribution < -0.4 is 11.5 Å². The molecule has 0 heterocycles. The lowest BCUT2D eigenvalue weighted by Gasteiger charge is -2.15. The molecule has 0 radical (unpaired) electrons. The number of carbonyl (C=O) groups excluding carboxylic acids is 1. The predicted octanol–water partition coefficient (Wildman–Crippen LogP) is 4.75. The predicted molar refractivity (Wildman–Crippen MR) is 103 cm³/mol. The molecule has 0 spiro atoms. The number of ketones is 1. The van der Waals surface area contributed by atoms with E-state index in [4.69, 9.17) is 0 Å². The smallest absolute Gasteiger partial charge is 0.130 e. The summed E-state index contributed by atoms with van der Waals surface area (Å²) in [6.45, 7) is 18.3. The van der Waals surface area contributed by atoms with Crippen LogP contribution in [0.3, 0.4) is 0 Å². The quantitative estimate of drug-likeness (QED) is 0.730. The molecule has 4 N–H and O–H groups in total. The van der Waals surface area contributed by atoms with Gasteiger partial charge >= 0.3 is 0 Å². The Bertz CT molecular complexity index is 342. The first-order valence-corrected chi connectivity index (χ1v) is 8.85. The average Bonchev–Trinajstić information content (AvgIpc) is 2.92. The van der Waals surface area contributed by atoms with Gasteiger partial charge in [-0.05, 0) is 61.6 Å². The van der Waals surface area contributed by atoms with Gasteiger partial charge in [-0.2, -0.15) is 0 Å². The van der Waals surface area contributed by atoms with Gasteiger partial charge < -0.3 is 16.3 Å². The molecule has 0 saturated heterocycles. The van der Waals surface area contributed by atoms with E-state index in [1.54, 1.807) is 6.92 Å². The zero-order chi connectivity index (χ0) is 18.8. The van der Waals surface area contributed by atoms with Crippen molar-refractivity contribution < 1.29 is 4.79 Å². The average molecular weight is 327 g/mol. The van der Waals surface area contributed by atoms with Gasteiger partial charge in [-0.15, -0.1) is 0 Å². The standard InChI is InChI=1S/C10H18.C7H14O.C2H5N.CH5N/c1-7-4-5-8-9(6-7)10(8,2)3;1-6(8)5-7(2,3)4;1-2-3;1-2/h7-9H,4-6H2,1-3H3;5H2,1-4H3;2H,1,3H2;2H2,1H3. The van der Waals surface area contributed by atoms with Gasteiger partial charge in [-0.3, -0.25) is 0 Å². The molecule has 0 bridgehead atoms. The highest BCUT2D eigenvalue weighted by Crippen LogP contribution is 2.65. The molecule has 2 aliphatic carbocycles. The minimum atomic E-state index is 0.172. The summed E-state index contributed by atoms with van der Waals surface area (Å²) >= 11 is 0. The zero-order valence-corrected chi connectivity index (χ0v) is 16.9. The highest BCUT2D eigenvalue weighted by atomic mass is 16.1. The molecule has 3 atom stereocenters. The van der Waals surface area contributed by atoms with Gasteiger partial charge in [0.2, 0.25) is 0 Å². The van der Waals surface area contributed by atoms with Crippen molar-refractivity contribution in [3.05, 3.63) is 12.8 Å². The third kappa shape index (κ3) is 10.5. The molecular weight excluding hydrogens is 284 g/mol. The van der Waals surface area contributed by atoms with Crippen molar-refractivity contribution in [2.45, 2.75) is 74.1 Å². The molecule has 2 fully saturated rings. The van der Waals surface area contributed by atoms with Crippen molar-refractivity contribution >= 4 is 5.78 Å². The molecule has 0 aliphatic heterocycles. The van der Waals surface area contributed by atoms with Crippen LogP contribution in [0.15, 0.2) is 12.8 Å². The number of Topliss-reactive ketones (excluding diaryl/α,β-unsaturated/α-hetero) is 1. The number of fused-ring (bicyclic) bond motifs is 1. The zero-order valence-electron chi connectivity index (χ0n) is 16.9. The van der Waals surface area contributed by atoms with Crippen LogP contribution in [0.2, 0.25) is 0 Å². The maximum absolute atomic E-state index is 10.5. The maximum Gasteiger partial charge on any atom is 0.130 e. The summed E-state index contributed by atoms with van der Waals surface area (Å²) in [4.78, 5) is 10.5. The first-order chi connectivity index (χ1) is 10.5. The van der Waals surface area contributed by atoms with Gasteiger partial charge in [0, 0.05) is 6.42 Å². The number of carbonyl (C=O) groups is 1. The molecule has 3 unspecified atom stereocenters. The summed E-state index contributed by atoms with van der Waals surface area (Å²) in [5.41, 5.74) is 10.0. The Morgan fingerprint density at radius 2 is 1.65 bits per heavy atom. The Hall–Kier alpha value is -0.830. The molecule has 2 rings (SSSR count). The number of rotatable bonds is 1. The minimum Gasteiger partial charge on any atom is -0.405 e. The molecule has 3 heteroatoms. The molecule has 0 aromatic carbocycles. The maximum atomic E-state index is 10.5. The largest absolute Gasteiger partial charge is 0.405 e. The summed E-state index contributed by atoms with van der Waals surface area (Å²) in [5, 5.41) is 0. The van der Waals surface area contributed by atoms with E-state index in [9.17, 15) is 4.79 Å². The normalized spacial score (nSPS) is 26.6. The molecule has 23 heavy (non-hydrogen) atoms. The topological polar surface area (TPSA) is 69.1 Å². The fourth-order valence-corrected chi connectivity index (χ4v) is 3.66. The summed E-state index contributed by atoms with van der Waals surface area (Å²) in [6.07, 6.45) is 6.45. The van der Waals surface area contributed by atoms with Crippen LogP contribution in [-0.2, 0) is 4.79 Å². The third-order valence-corrected chi connectivity index (χ3v) is 4.69. The van der Waals surface area contributed by atoms with E-state index in [0.717, 1.165) is 23.2 Å². The monoisotopic (exact) mass is 326 g/mol. The summed E-state index contributed by atoms with van der Waals surface area (Å²) < 4.78 is 0. The number of nitrogens with two attached hydrogens (primary N) is 2. The van der Waals surface area contributed by atoms with Gasteiger partial charge in [0.15, 0.2) is 0 Å². The Morgan fingerprint density at radius 3 is 1.87 bits per heavy atom. The number of hydrogen-bond acceptors (Lipinski definition) is 3. The molecule has 0 amide bonds. The first kappa shape index (κ1) is 24.4. The Kier molecular flexibility index (Phi) is 11.5. The fraction of sp³-hybridized carbons (Fsp3) is 0.850. The lowest BCUT2D eigenvalue weighted by molar-refractivity contribution is -0.118. The van der Waals surface area contributed by atoms with Gasteiger partial charge in [0.1, 0.15) is 5.78 Å². The first-order valence-electron chi connectivity index (χ1n) is 8.85. The molecule has 2 aliphatic rings. The van der Waals surface area contributed by atoms with Gasteiger partial charge in [0.05, 0.1) is 0 Å². The van der Waals surface area contributed by atoms with Crippen LogP contribution in [-0.4, -0.2) is 12.8 Å². The van der Waals surface area contributed by atoms with E-state index in [1.807, 2.05) is 0 Å². The third-order valence-electron chi connectivity index (χ3n) is 4.69. The summed E-state index contributed by atoms with van der Waals surface area (Å²) in [7, 11) is 1.50. The lowest BCUT2D eigenvalue weighted by atomic mass is 9.91. The SMILES string of the molecule is C=CN.CC(=O)CC(C)(C)C.CC1CCC2C(C1)C2(C)C.CN. The van der Waals surface area contributed by atoms with Crippen molar-refractivity contribution in [2.75, 3.05) is 7.05 Å². The van der Waals surface area contributed by atoms with Crippen LogP contribution in [0.1, 0.15) is 74.1 Å². The van der Waals surface area contributed by atoms with Crippen LogP contribution >= 0.6 is 0 Å². The molecule has 138 valence electrons. The van der Waals surface area contributed by atoms with Crippen molar-refractivity contribution in [3.8, 4) is 0 Å². The van der Waals surface area contributed by atoms with Gasteiger partial charge in [0.25, 0.3) is 0 Å². The van der Waals surface area contributed by atoms with E-state index in [-0.39, 0.29) is 11.2 Å². The van der Waals surface area contributed by atoms with E-state index in [1.165, 1.54) is 32.5 Å². The van der Waals surface area contributed by atoms with Crippen molar-refractivity contribution in [3.63, 3.8) is 0 Å². The van der Waals surface area contributed by atoms with Crippen LogP contribution in [0, 0.1) is 28.6 Å². The second-order valence-corrected chi connectivity index (χ2v) is 8.63. The molecule has 3 nitrogen and oxygen atoms in total. The fourth-order valence-electron chi connectivity index (χ4n) is 3.66.